The summed E-state index contributed by atoms with van der Waals surface area (Å²) in [6.45, 7) is 0. The van der Waals surface area contributed by atoms with Crippen LogP contribution in [0, 0.1) is 0 Å². The molecule has 0 aliphatic rings. The van der Waals surface area contributed by atoms with Crippen LogP contribution in [0.25, 0.3) is 11.3 Å². The quantitative estimate of drug-likeness (QED) is 0.638. The first kappa shape index (κ1) is 11.2. The van der Waals surface area contributed by atoms with E-state index in [1.165, 1.54) is 0 Å². The number of rotatable bonds is 2. The number of hydrazine groups is 1. The van der Waals surface area contributed by atoms with Crippen LogP contribution >= 0.6 is 23.2 Å². The van der Waals surface area contributed by atoms with Gasteiger partial charge in [0, 0.05) is 16.8 Å². The molecule has 2 rings (SSSR count). The lowest BCUT2D eigenvalue weighted by Crippen LogP contribution is -2.06. The van der Waals surface area contributed by atoms with Gasteiger partial charge in [-0.25, -0.2) is 0 Å². The molecule has 0 aliphatic heterocycles. The second-order valence-corrected chi connectivity index (χ2v) is 4.04. The molecule has 0 amide bonds. The number of benzene rings is 1. The lowest BCUT2D eigenvalue weighted by Gasteiger charge is -2.06. The molecule has 0 radical (unpaired) electrons. The van der Waals surface area contributed by atoms with Crippen LogP contribution in [0.5, 0.6) is 0 Å². The van der Waals surface area contributed by atoms with E-state index in [-0.39, 0.29) is 0 Å². The van der Waals surface area contributed by atoms with E-state index in [0.29, 0.717) is 10.0 Å². The summed E-state index contributed by atoms with van der Waals surface area (Å²) >= 11 is 12.0. The van der Waals surface area contributed by atoms with Gasteiger partial charge in [-0.1, -0.05) is 23.2 Å². The SMILES string of the molecule is NNc1ccnc(-c2cc(Cl)ccc2Cl)c1. The Kier molecular flexibility index (Phi) is 3.29. The molecular formula is C11H9Cl2N3. The van der Waals surface area contributed by atoms with Crippen LogP contribution in [0.3, 0.4) is 0 Å². The maximum absolute atomic E-state index is 6.08. The van der Waals surface area contributed by atoms with Crippen molar-refractivity contribution in [2.45, 2.75) is 0 Å². The van der Waals surface area contributed by atoms with E-state index < -0.39 is 0 Å². The van der Waals surface area contributed by atoms with Gasteiger partial charge in [0.1, 0.15) is 0 Å². The number of pyridine rings is 1. The summed E-state index contributed by atoms with van der Waals surface area (Å²) < 4.78 is 0. The molecule has 5 heteroatoms. The monoisotopic (exact) mass is 253 g/mol. The maximum atomic E-state index is 6.08. The predicted molar refractivity (Wildman–Crippen MR) is 67.5 cm³/mol. The van der Waals surface area contributed by atoms with Crippen molar-refractivity contribution in [3.8, 4) is 11.3 Å². The molecule has 0 spiro atoms. The summed E-state index contributed by atoms with van der Waals surface area (Å²) in [6.07, 6.45) is 1.65. The van der Waals surface area contributed by atoms with Gasteiger partial charge in [0.05, 0.1) is 16.4 Å². The van der Waals surface area contributed by atoms with Gasteiger partial charge in [-0.15, -0.1) is 0 Å². The molecule has 0 atom stereocenters. The second-order valence-electron chi connectivity index (χ2n) is 3.20. The molecule has 16 heavy (non-hydrogen) atoms. The van der Waals surface area contributed by atoms with Crippen LogP contribution in [0.2, 0.25) is 10.0 Å². The summed E-state index contributed by atoms with van der Waals surface area (Å²) in [5.41, 5.74) is 4.83. The third-order valence-corrected chi connectivity index (χ3v) is 2.70. The van der Waals surface area contributed by atoms with Crippen LogP contribution in [-0.4, -0.2) is 4.98 Å². The Morgan fingerprint density at radius 3 is 2.69 bits per heavy atom. The van der Waals surface area contributed by atoms with Gasteiger partial charge in [0.2, 0.25) is 0 Å². The Labute approximate surface area is 103 Å². The highest BCUT2D eigenvalue weighted by Crippen LogP contribution is 2.30. The summed E-state index contributed by atoms with van der Waals surface area (Å²) in [5, 5.41) is 1.22. The Bertz CT molecular complexity index is 514. The average molecular weight is 254 g/mol. The van der Waals surface area contributed by atoms with Crippen molar-refractivity contribution in [3.05, 3.63) is 46.6 Å². The number of anilines is 1. The zero-order chi connectivity index (χ0) is 11.5. The van der Waals surface area contributed by atoms with Gasteiger partial charge >= 0.3 is 0 Å². The lowest BCUT2D eigenvalue weighted by molar-refractivity contribution is 1.28. The molecule has 0 saturated heterocycles. The highest BCUT2D eigenvalue weighted by Gasteiger charge is 2.06. The Balaban J connectivity index is 2.53. The number of aromatic nitrogens is 1. The Hall–Kier alpha value is -1.29. The minimum atomic E-state index is 0.603. The first-order chi connectivity index (χ1) is 7.70. The van der Waals surface area contributed by atoms with Crippen molar-refractivity contribution in [1.82, 2.24) is 4.98 Å². The van der Waals surface area contributed by atoms with Gasteiger partial charge in [0.15, 0.2) is 0 Å². The van der Waals surface area contributed by atoms with Gasteiger partial charge < -0.3 is 5.43 Å². The van der Waals surface area contributed by atoms with E-state index in [2.05, 4.69) is 10.4 Å². The number of halogens is 2. The maximum Gasteiger partial charge on any atom is 0.0738 e. The first-order valence-electron chi connectivity index (χ1n) is 4.59. The molecular weight excluding hydrogens is 245 g/mol. The minimum Gasteiger partial charge on any atom is -0.324 e. The number of nitrogens with zero attached hydrogens (tertiary/aromatic N) is 1. The molecule has 0 bridgehead atoms. The number of nitrogens with one attached hydrogen (secondary N) is 1. The predicted octanol–water partition coefficient (Wildman–Crippen LogP) is 3.34. The zero-order valence-electron chi connectivity index (χ0n) is 8.24. The van der Waals surface area contributed by atoms with E-state index in [0.717, 1.165) is 16.9 Å². The third kappa shape index (κ3) is 2.27. The van der Waals surface area contributed by atoms with Crippen molar-refractivity contribution in [2.75, 3.05) is 5.43 Å². The first-order valence-corrected chi connectivity index (χ1v) is 5.34. The molecule has 82 valence electrons. The van der Waals surface area contributed by atoms with E-state index >= 15 is 0 Å². The smallest absolute Gasteiger partial charge is 0.0738 e. The van der Waals surface area contributed by atoms with Crippen LogP contribution in [0.1, 0.15) is 0 Å². The number of nitrogen functional groups attached to an aromatic ring is 1. The fourth-order valence-electron chi connectivity index (χ4n) is 1.36. The average Bonchev–Trinajstić information content (AvgIpc) is 2.32. The molecule has 0 aliphatic carbocycles. The lowest BCUT2D eigenvalue weighted by atomic mass is 10.1. The fraction of sp³-hybridized carbons (Fsp3) is 0. The van der Waals surface area contributed by atoms with Crippen LogP contribution < -0.4 is 11.3 Å². The van der Waals surface area contributed by atoms with Crippen molar-refractivity contribution in [3.63, 3.8) is 0 Å². The highest BCUT2D eigenvalue weighted by atomic mass is 35.5. The minimum absolute atomic E-state index is 0.603. The molecule has 3 N–H and O–H groups in total. The van der Waals surface area contributed by atoms with E-state index in [9.17, 15) is 0 Å². The molecule has 0 fully saturated rings. The van der Waals surface area contributed by atoms with E-state index in [1.807, 2.05) is 0 Å². The Morgan fingerprint density at radius 1 is 1.12 bits per heavy atom. The second kappa shape index (κ2) is 4.70. The topological polar surface area (TPSA) is 50.9 Å². The van der Waals surface area contributed by atoms with Gasteiger partial charge in [0.25, 0.3) is 0 Å². The molecule has 1 aromatic heterocycles. The molecule has 0 unspecified atom stereocenters. The van der Waals surface area contributed by atoms with E-state index in [1.54, 1.807) is 36.5 Å². The van der Waals surface area contributed by atoms with Crippen molar-refractivity contribution >= 4 is 28.9 Å². The molecule has 0 saturated carbocycles. The largest absolute Gasteiger partial charge is 0.324 e. The van der Waals surface area contributed by atoms with Gasteiger partial charge in [-0.2, -0.15) is 0 Å². The number of hydrogen-bond acceptors (Lipinski definition) is 3. The number of hydrogen-bond donors (Lipinski definition) is 2. The van der Waals surface area contributed by atoms with Crippen molar-refractivity contribution < 1.29 is 0 Å². The van der Waals surface area contributed by atoms with Gasteiger partial charge in [-0.05, 0) is 30.3 Å². The van der Waals surface area contributed by atoms with Crippen molar-refractivity contribution in [1.29, 1.82) is 0 Å². The molecule has 1 aromatic carbocycles. The highest BCUT2D eigenvalue weighted by molar-refractivity contribution is 6.35. The number of nitrogens with two attached hydrogens (primary N) is 1. The Morgan fingerprint density at radius 2 is 1.94 bits per heavy atom. The fourth-order valence-corrected chi connectivity index (χ4v) is 1.75. The summed E-state index contributed by atoms with van der Waals surface area (Å²) in [6, 6.07) is 8.81. The van der Waals surface area contributed by atoms with Gasteiger partial charge in [-0.3, -0.25) is 10.8 Å². The molecule has 1 heterocycles. The van der Waals surface area contributed by atoms with Crippen LogP contribution in [0.4, 0.5) is 5.69 Å². The van der Waals surface area contributed by atoms with Crippen LogP contribution in [-0.2, 0) is 0 Å². The normalized spacial score (nSPS) is 10.2. The van der Waals surface area contributed by atoms with Crippen molar-refractivity contribution in [2.24, 2.45) is 5.84 Å². The molecule has 2 aromatic rings. The zero-order valence-corrected chi connectivity index (χ0v) is 9.76. The van der Waals surface area contributed by atoms with Crippen LogP contribution in [0.15, 0.2) is 36.5 Å². The summed E-state index contributed by atoms with van der Waals surface area (Å²) in [7, 11) is 0. The summed E-state index contributed by atoms with van der Waals surface area (Å²) in [4.78, 5) is 4.22. The van der Waals surface area contributed by atoms with E-state index in [4.69, 9.17) is 29.0 Å². The molecule has 3 nitrogen and oxygen atoms in total. The standard InChI is InChI=1S/C11H9Cl2N3/c12-7-1-2-10(13)9(5-7)11-6-8(16-14)3-4-15-11/h1-6H,14H2,(H,15,16). The summed E-state index contributed by atoms with van der Waals surface area (Å²) in [5.74, 6) is 5.33. The third-order valence-electron chi connectivity index (χ3n) is 2.13.